The molecule has 116 valence electrons. The first-order valence-corrected chi connectivity index (χ1v) is 8.66. The molecule has 0 saturated carbocycles. The average molecular weight is 318 g/mol. The summed E-state index contributed by atoms with van der Waals surface area (Å²) in [6.45, 7) is 1.98. The van der Waals surface area contributed by atoms with E-state index in [1.807, 2.05) is 13.0 Å². The first-order chi connectivity index (χ1) is 10.5. The Balaban J connectivity index is 1.83. The number of carbonyl (C=O) groups excluding carboxylic acids is 1. The Hall–Kier alpha value is -2.14. The van der Waals surface area contributed by atoms with Gasteiger partial charge in [0.15, 0.2) is 9.84 Å². The lowest BCUT2D eigenvalue weighted by Gasteiger charge is -2.06. The van der Waals surface area contributed by atoms with Crippen LogP contribution in [0.25, 0.3) is 0 Å². The molecule has 2 aromatic rings. The SMILES string of the molecule is Cc1ccc(S(=O)(=O)CCCOC(=O)c2ccccc2)cc1. The lowest BCUT2D eigenvalue weighted by molar-refractivity contribution is 0.0505. The van der Waals surface area contributed by atoms with Gasteiger partial charge in [-0.25, -0.2) is 13.2 Å². The van der Waals surface area contributed by atoms with Crippen LogP contribution in [0.4, 0.5) is 0 Å². The number of hydrogen-bond donors (Lipinski definition) is 0. The van der Waals surface area contributed by atoms with E-state index in [1.54, 1.807) is 48.5 Å². The Morgan fingerprint density at radius 1 is 1.00 bits per heavy atom. The smallest absolute Gasteiger partial charge is 0.338 e. The van der Waals surface area contributed by atoms with E-state index in [2.05, 4.69) is 0 Å². The molecule has 0 unspecified atom stereocenters. The van der Waals surface area contributed by atoms with E-state index in [9.17, 15) is 13.2 Å². The molecule has 0 fully saturated rings. The molecular formula is C17H18O4S. The molecule has 0 radical (unpaired) electrons. The van der Waals surface area contributed by atoms with Gasteiger partial charge in [-0.05, 0) is 37.6 Å². The zero-order valence-electron chi connectivity index (χ0n) is 12.4. The summed E-state index contributed by atoms with van der Waals surface area (Å²) < 4.78 is 29.3. The highest BCUT2D eigenvalue weighted by Gasteiger charge is 2.14. The molecule has 22 heavy (non-hydrogen) atoms. The van der Waals surface area contributed by atoms with Gasteiger partial charge in [0.2, 0.25) is 0 Å². The predicted octanol–water partition coefficient (Wildman–Crippen LogP) is 3.02. The zero-order chi connectivity index (χ0) is 16.0. The number of aryl methyl sites for hydroxylation is 1. The third-order valence-electron chi connectivity index (χ3n) is 3.18. The average Bonchev–Trinajstić information content (AvgIpc) is 2.52. The van der Waals surface area contributed by atoms with Crippen LogP contribution in [-0.2, 0) is 14.6 Å². The van der Waals surface area contributed by atoms with Crippen LogP contribution in [0.5, 0.6) is 0 Å². The van der Waals surface area contributed by atoms with E-state index in [1.165, 1.54) is 0 Å². The molecule has 2 aromatic carbocycles. The molecule has 0 aliphatic heterocycles. The lowest BCUT2D eigenvalue weighted by Crippen LogP contribution is -2.12. The van der Waals surface area contributed by atoms with E-state index in [0.29, 0.717) is 10.5 Å². The second-order valence-electron chi connectivity index (χ2n) is 4.99. The van der Waals surface area contributed by atoms with Crippen LogP contribution in [0.15, 0.2) is 59.5 Å². The Labute approximate surface area is 130 Å². The topological polar surface area (TPSA) is 60.4 Å². The van der Waals surface area contributed by atoms with E-state index in [-0.39, 0.29) is 18.8 Å². The first kappa shape index (κ1) is 16.2. The van der Waals surface area contributed by atoms with Gasteiger partial charge in [0.25, 0.3) is 0 Å². The van der Waals surface area contributed by atoms with Crippen molar-refractivity contribution in [3.05, 3.63) is 65.7 Å². The van der Waals surface area contributed by atoms with Gasteiger partial charge in [-0.2, -0.15) is 0 Å². The Morgan fingerprint density at radius 2 is 1.64 bits per heavy atom. The van der Waals surface area contributed by atoms with E-state index < -0.39 is 15.8 Å². The van der Waals surface area contributed by atoms with Crippen molar-refractivity contribution in [2.75, 3.05) is 12.4 Å². The fraction of sp³-hybridized carbons (Fsp3) is 0.235. The number of rotatable bonds is 6. The largest absolute Gasteiger partial charge is 0.462 e. The number of esters is 1. The summed E-state index contributed by atoms with van der Waals surface area (Å²) in [4.78, 5) is 12.0. The minimum absolute atomic E-state index is 0.0435. The third-order valence-corrected chi connectivity index (χ3v) is 5.00. The van der Waals surface area contributed by atoms with Crippen molar-refractivity contribution in [3.63, 3.8) is 0 Å². The molecule has 0 bridgehead atoms. The van der Waals surface area contributed by atoms with Crippen LogP contribution in [0, 0.1) is 6.92 Å². The van der Waals surface area contributed by atoms with Gasteiger partial charge in [-0.1, -0.05) is 35.9 Å². The molecule has 2 rings (SSSR count). The van der Waals surface area contributed by atoms with Crippen LogP contribution < -0.4 is 0 Å². The molecule has 4 nitrogen and oxygen atoms in total. The quantitative estimate of drug-likeness (QED) is 0.607. The molecule has 0 heterocycles. The second-order valence-corrected chi connectivity index (χ2v) is 7.10. The molecule has 0 aromatic heterocycles. The summed E-state index contributed by atoms with van der Waals surface area (Å²) in [6, 6.07) is 15.4. The molecule has 0 atom stereocenters. The zero-order valence-corrected chi connectivity index (χ0v) is 13.2. The lowest BCUT2D eigenvalue weighted by atomic mass is 10.2. The molecule has 0 spiro atoms. The highest BCUT2D eigenvalue weighted by Crippen LogP contribution is 2.13. The fourth-order valence-electron chi connectivity index (χ4n) is 1.93. The van der Waals surface area contributed by atoms with Gasteiger partial charge < -0.3 is 4.74 Å². The standard InChI is InChI=1S/C17H18O4S/c1-14-8-10-16(11-9-14)22(19,20)13-5-12-21-17(18)15-6-3-2-4-7-15/h2-4,6-11H,5,12-13H2,1H3. The maximum absolute atomic E-state index is 12.1. The predicted molar refractivity (Wildman–Crippen MR) is 84.6 cm³/mol. The summed E-state index contributed by atoms with van der Waals surface area (Å²) in [5.41, 5.74) is 1.47. The van der Waals surface area contributed by atoms with E-state index in [4.69, 9.17) is 4.74 Å². The second kappa shape index (κ2) is 7.22. The van der Waals surface area contributed by atoms with Gasteiger partial charge in [-0.3, -0.25) is 0 Å². The minimum atomic E-state index is -3.33. The highest BCUT2D eigenvalue weighted by molar-refractivity contribution is 7.91. The summed E-state index contributed by atoms with van der Waals surface area (Å²) in [7, 11) is -3.33. The van der Waals surface area contributed by atoms with Crippen molar-refractivity contribution in [1.82, 2.24) is 0 Å². The number of sulfone groups is 1. The molecule has 5 heteroatoms. The maximum atomic E-state index is 12.1. The van der Waals surface area contributed by atoms with Crippen molar-refractivity contribution in [1.29, 1.82) is 0 Å². The third kappa shape index (κ3) is 4.43. The van der Waals surface area contributed by atoms with Crippen LogP contribution in [0.2, 0.25) is 0 Å². The van der Waals surface area contributed by atoms with Gasteiger partial charge in [0, 0.05) is 0 Å². The van der Waals surface area contributed by atoms with Gasteiger partial charge in [0.1, 0.15) is 0 Å². The fourth-order valence-corrected chi connectivity index (χ4v) is 3.22. The number of ether oxygens (including phenoxy) is 1. The minimum Gasteiger partial charge on any atom is -0.462 e. The molecule has 0 saturated heterocycles. The van der Waals surface area contributed by atoms with Crippen molar-refractivity contribution < 1.29 is 17.9 Å². The summed E-state index contributed by atoms with van der Waals surface area (Å²) in [5, 5.41) is 0. The van der Waals surface area contributed by atoms with Crippen LogP contribution in [0.1, 0.15) is 22.3 Å². The Bertz CT molecular complexity index is 719. The van der Waals surface area contributed by atoms with Crippen molar-refractivity contribution in [2.45, 2.75) is 18.2 Å². The summed E-state index contributed by atoms with van der Waals surface area (Å²) in [6.07, 6.45) is 0.273. The summed E-state index contributed by atoms with van der Waals surface area (Å²) in [5.74, 6) is -0.480. The molecular weight excluding hydrogens is 300 g/mol. The van der Waals surface area contributed by atoms with Crippen molar-refractivity contribution >= 4 is 15.8 Å². The first-order valence-electron chi connectivity index (χ1n) is 7.01. The van der Waals surface area contributed by atoms with E-state index in [0.717, 1.165) is 5.56 Å². The normalized spacial score (nSPS) is 11.1. The Morgan fingerprint density at radius 3 is 2.27 bits per heavy atom. The maximum Gasteiger partial charge on any atom is 0.338 e. The molecule has 0 aliphatic carbocycles. The van der Waals surface area contributed by atoms with E-state index >= 15 is 0 Å². The molecule has 0 aliphatic rings. The highest BCUT2D eigenvalue weighted by atomic mass is 32.2. The molecule has 0 N–H and O–H groups in total. The van der Waals surface area contributed by atoms with Crippen LogP contribution in [0.3, 0.4) is 0 Å². The number of benzene rings is 2. The Kier molecular flexibility index (Phi) is 5.33. The van der Waals surface area contributed by atoms with Crippen LogP contribution in [-0.4, -0.2) is 26.7 Å². The number of carbonyl (C=O) groups is 1. The van der Waals surface area contributed by atoms with Crippen molar-refractivity contribution in [3.8, 4) is 0 Å². The number of hydrogen-bond acceptors (Lipinski definition) is 4. The van der Waals surface area contributed by atoms with Gasteiger partial charge >= 0.3 is 5.97 Å². The van der Waals surface area contributed by atoms with Crippen LogP contribution >= 0.6 is 0 Å². The van der Waals surface area contributed by atoms with Crippen molar-refractivity contribution in [2.24, 2.45) is 0 Å². The molecule has 0 amide bonds. The van der Waals surface area contributed by atoms with Gasteiger partial charge in [0.05, 0.1) is 22.8 Å². The monoisotopic (exact) mass is 318 g/mol. The van der Waals surface area contributed by atoms with Gasteiger partial charge in [-0.15, -0.1) is 0 Å². The summed E-state index contributed by atoms with van der Waals surface area (Å²) >= 11 is 0.